The molecular formula is C4H9NO3. The number of rotatable bonds is 3. The van der Waals surface area contributed by atoms with Crippen LogP contribution >= 0.6 is 0 Å². The minimum absolute atomic E-state index is 0.310. The van der Waals surface area contributed by atoms with Crippen molar-refractivity contribution in [2.75, 3.05) is 0 Å². The lowest BCUT2D eigenvalue weighted by atomic mass is 10.3. The second kappa shape index (κ2) is 4.55. The highest BCUT2D eigenvalue weighted by Gasteiger charge is 1.94. The van der Waals surface area contributed by atoms with Crippen LogP contribution in [-0.2, 0) is 9.78 Å². The summed E-state index contributed by atoms with van der Waals surface area (Å²) >= 11 is 0. The van der Waals surface area contributed by atoms with Crippen LogP contribution in [0.25, 0.3) is 0 Å². The molecule has 8 heavy (non-hydrogen) atoms. The SMILES string of the molecule is CCCC(=O)NOO. The van der Waals surface area contributed by atoms with Gasteiger partial charge in [0.15, 0.2) is 0 Å². The van der Waals surface area contributed by atoms with E-state index in [4.69, 9.17) is 5.26 Å². The summed E-state index contributed by atoms with van der Waals surface area (Å²) in [7, 11) is 0. The monoisotopic (exact) mass is 119 g/mol. The number of amides is 1. The van der Waals surface area contributed by atoms with Crippen LogP contribution in [0.3, 0.4) is 0 Å². The molecule has 0 aromatic carbocycles. The molecule has 4 heteroatoms. The van der Waals surface area contributed by atoms with Gasteiger partial charge < -0.3 is 0 Å². The summed E-state index contributed by atoms with van der Waals surface area (Å²) in [4.78, 5) is 13.6. The maximum atomic E-state index is 10.2. The Labute approximate surface area is 47.3 Å². The number of carbonyl (C=O) groups is 1. The molecule has 0 fully saturated rings. The van der Waals surface area contributed by atoms with Crippen molar-refractivity contribution >= 4 is 5.91 Å². The fourth-order valence-electron chi connectivity index (χ4n) is 0.329. The van der Waals surface area contributed by atoms with Crippen LogP contribution in [-0.4, -0.2) is 11.2 Å². The summed E-state index contributed by atoms with van der Waals surface area (Å²) < 4.78 is 0. The maximum Gasteiger partial charge on any atom is 0.245 e. The molecule has 0 atom stereocenters. The molecule has 0 bridgehead atoms. The standard InChI is InChI=1S/C4H9NO3/c1-2-3-4(6)5-8-7/h7H,2-3H2,1H3,(H,5,6). The number of hydrogen-bond acceptors (Lipinski definition) is 3. The minimum atomic E-state index is -0.310. The minimum Gasteiger partial charge on any atom is -0.273 e. The molecule has 1 amide bonds. The first-order valence-corrected chi connectivity index (χ1v) is 2.40. The lowest BCUT2D eigenvalue weighted by Gasteiger charge is -1.94. The van der Waals surface area contributed by atoms with Gasteiger partial charge in [0.1, 0.15) is 0 Å². The summed E-state index contributed by atoms with van der Waals surface area (Å²) in [6.07, 6.45) is 1.12. The van der Waals surface area contributed by atoms with Crippen molar-refractivity contribution in [1.82, 2.24) is 5.48 Å². The third-order valence-corrected chi connectivity index (χ3v) is 0.637. The first kappa shape index (κ1) is 7.39. The second-order valence-electron chi connectivity index (χ2n) is 1.37. The zero-order chi connectivity index (χ0) is 6.41. The zero-order valence-electron chi connectivity index (χ0n) is 4.68. The van der Waals surface area contributed by atoms with Gasteiger partial charge in [0.2, 0.25) is 5.91 Å². The Bertz CT molecular complexity index is 65.7. The van der Waals surface area contributed by atoms with Gasteiger partial charge in [0.25, 0.3) is 0 Å². The summed E-state index contributed by atoms with van der Waals surface area (Å²) in [6.45, 7) is 1.86. The molecule has 0 heterocycles. The molecule has 0 aromatic heterocycles. The van der Waals surface area contributed by atoms with Crippen molar-refractivity contribution in [3.63, 3.8) is 0 Å². The molecule has 0 aromatic rings. The van der Waals surface area contributed by atoms with Crippen LogP contribution in [0.15, 0.2) is 0 Å². The van der Waals surface area contributed by atoms with E-state index in [2.05, 4.69) is 4.99 Å². The molecule has 48 valence electrons. The van der Waals surface area contributed by atoms with Crippen molar-refractivity contribution in [1.29, 1.82) is 0 Å². The van der Waals surface area contributed by atoms with E-state index in [0.29, 0.717) is 6.42 Å². The molecule has 0 aliphatic carbocycles. The Morgan fingerprint density at radius 3 is 2.88 bits per heavy atom. The van der Waals surface area contributed by atoms with E-state index in [1.165, 1.54) is 0 Å². The molecule has 0 spiro atoms. The van der Waals surface area contributed by atoms with Gasteiger partial charge in [-0.15, -0.1) is 4.99 Å². The van der Waals surface area contributed by atoms with Gasteiger partial charge in [-0.1, -0.05) is 6.92 Å². The van der Waals surface area contributed by atoms with Crippen LogP contribution in [0.5, 0.6) is 0 Å². The molecule has 0 aliphatic rings. The Morgan fingerprint density at radius 2 is 2.50 bits per heavy atom. The zero-order valence-corrected chi connectivity index (χ0v) is 4.68. The van der Waals surface area contributed by atoms with Crippen molar-refractivity contribution in [3.05, 3.63) is 0 Å². The molecule has 0 unspecified atom stereocenters. The fourth-order valence-corrected chi connectivity index (χ4v) is 0.329. The molecular weight excluding hydrogens is 110 g/mol. The Morgan fingerprint density at radius 1 is 1.88 bits per heavy atom. The van der Waals surface area contributed by atoms with Gasteiger partial charge in [-0.25, -0.2) is 10.7 Å². The molecule has 0 rings (SSSR count). The highest BCUT2D eigenvalue weighted by Crippen LogP contribution is 1.83. The third-order valence-electron chi connectivity index (χ3n) is 0.637. The average molecular weight is 119 g/mol. The van der Waals surface area contributed by atoms with Gasteiger partial charge in [0, 0.05) is 6.42 Å². The normalized spacial score (nSPS) is 8.75. The number of nitrogens with one attached hydrogen (secondary N) is 1. The maximum absolute atomic E-state index is 10.2. The van der Waals surface area contributed by atoms with Crippen molar-refractivity contribution in [3.8, 4) is 0 Å². The van der Waals surface area contributed by atoms with Crippen molar-refractivity contribution in [2.24, 2.45) is 0 Å². The van der Waals surface area contributed by atoms with E-state index in [-0.39, 0.29) is 5.91 Å². The predicted octanol–water partition coefficient (Wildman–Crippen LogP) is 0.307. The number of hydroxylamine groups is 1. The topological polar surface area (TPSA) is 58.6 Å². The van der Waals surface area contributed by atoms with Crippen molar-refractivity contribution < 1.29 is 15.0 Å². The van der Waals surface area contributed by atoms with Crippen LogP contribution in [0.4, 0.5) is 0 Å². The van der Waals surface area contributed by atoms with Gasteiger partial charge in [-0.2, -0.15) is 0 Å². The summed E-state index contributed by atoms with van der Waals surface area (Å²) in [5.74, 6) is -0.310. The van der Waals surface area contributed by atoms with Gasteiger partial charge in [-0.3, -0.25) is 4.79 Å². The lowest BCUT2D eigenvalue weighted by molar-refractivity contribution is -0.284. The van der Waals surface area contributed by atoms with E-state index in [1.54, 1.807) is 5.48 Å². The third kappa shape index (κ3) is 3.58. The first-order chi connectivity index (χ1) is 3.81. The number of hydrogen-bond donors (Lipinski definition) is 2. The highest BCUT2D eigenvalue weighted by molar-refractivity contribution is 5.74. The Kier molecular flexibility index (Phi) is 4.20. The van der Waals surface area contributed by atoms with Gasteiger partial charge in [-0.05, 0) is 6.42 Å². The largest absolute Gasteiger partial charge is 0.273 e. The molecule has 2 N–H and O–H groups in total. The first-order valence-electron chi connectivity index (χ1n) is 2.40. The molecule has 4 nitrogen and oxygen atoms in total. The fraction of sp³-hybridized carbons (Fsp3) is 0.750. The quantitative estimate of drug-likeness (QED) is 0.415. The predicted molar refractivity (Wildman–Crippen MR) is 26.8 cm³/mol. The molecule has 0 saturated heterocycles. The van der Waals surface area contributed by atoms with Crippen LogP contribution in [0, 0.1) is 0 Å². The summed E-state index contributed by atoms with van der Waals surface area (Å²) in [5, 5.41) is 7.63. The lowest BCUT2D eigenvalue weighted by Crippen LogP contribution is -2.21. The highest BCUT2D eigenvalue weighted by atomic mass is 17.2. The molecule has 0 saturated carbocycles. The second-order valence-corrected chi connectivity index (χ2v) is 1.37. The van der Waals surface area contributed by atoms with Crippen LogP contribution in [0.2, 0.25) is 0 Å². The average Bonchev–Trinajstić information content (AvgIpc) is 1.68. The van der Waals surface area contributed by atoms with E-state index >= 15 is 0 Å². The van der Waals surface area contributed by atoms with E-state index < -0.39 is 0 Å². The Hall–Kier alpha value is -0.610. The summed E-state index contributed by atoms with van der Waals surface area (Å²) in [5.41, 5.74) is 1.76. The van der Waals surface area contributed by atoms with Crippen LogP contribution in [0.1, 0.15) is 19.8 Å². The summed E-state index contributed by atoms with van der Waals surface area (Å²) in [6, 6.07) is 0. The van der Waals surface area contributed by atoms with E-state index in [1.807, 2.05) is 6.92 Å². The Balaban J connectivity index is 3.06. The van der Waals surface area contributed by atoms with Gasteiger partial charge >= 0.3 is 0 Å². The molecule has 0 aliphatic heterocycles. The van der Waals surface area contributed by atoms with Crippen LogP contribution < -0.4 is 5.48 Å². The molecule has 0 radical (unpaired) electrons. The van der Waals surface area contributed by atoms with E-state index in [9.17, 15) is 4.79 Å². The number of carbonyl (C=O) groups excluding carboxylic acids is 1. The van der Waals surface area contributed by atoms with Gasteiger partial charge in [0.05, 0.1) is 0 Å². The van der Waals surface area contributed by atoms with E-state index in [0.717, 1.165) is 6.42 Å². The van der Waals surface area contributed by atoms with Crippen molar-refractivity contribution in [2.45, 2.75) is 19.8 Å². The smallest absolute Gasteiger partial charge is 0.245 e.